The maximum atomic E-state index is 11.8. The first-order chi connectivity index (χ1) is 7.99. The minimum Gasteiger partial charge on any atom is -0.352 e. The third-order valence-electron chi connectivity index (χ3n) is 2.88. The van der Waals surface area contributed by atoms with Crippen LogP contribution in [0.15, 0.2) is 0 Å². The van der Waals surface area contributed by atoms with E-state index in [2.05, 4.69) is 10.6 Å². The van der Waals surface area contributed by atoms with E-state index in [1.54, 1.807) is 7.05 Å². The van der Waals surface area contributed by atoms with Gasteiger partial charge in [-0.1, -0.05) is 0 Å². The van der Waals surface area contributed by atoms with E-state index in [1.165, 1.54) is 4.90 Å². The minimum atomic E-state index is -0.0969. The van der Waals surface area contributed by atoms with Gasteiger partial charge in [0.05, 0.1) is 6.54 Å². The van der Waals surface area contributed by atoms with Gasteiger partial charge in [-0.25, -0.2) is 0 Å². The van der Waals surface area contributed by atoms with Gasteiger partial charge in [-0.05, 0) is 39.3 Å². The molecule has 1 heterocycles. The molecule has 17 heavy (non-hydrogen) atoms. The molecule has 0 spiro atoms. The molecule has 0 aromatic carbocycles. The number of carbonyl (C=O) groups excluding carboxylic acids is 2. The van der Waals surface area contributed by atoms with Crippen LogP contribution in [0.3, 0.4) is 0 Å². The lowest BCUT2D eigenvalue weighted by molar-refractivity contribution is -0.135. The van der Waals surface area contributed by atoms with Crippen LogP contribution in [0, 0.1) is 5.92 Å². The van der Waals surface area contributed by atoms with Crippen molar-refractivity contribution in [2.45, 2.75) is 32.7 Å². The number of amides is 2. The van der Waals surface area contributed by atoms with Crippen molar-refractivity contribution in [2.75, 3.05) is 26.7 Å². The molecule has 98 valence electrons. The number of carbonyl (C=O) groups is 2. The Labute approximate surface area is 103 Å². The van der Waals surface area contributed by atoms with Crippen LogP contribution >= 0.6 is 0 Å². The lowest BCUT2D eigenvalue weighted by Gasteiger charge is -2.19. The summed E-state index contributed by atoms with van der Waals surface area (Å²) in [6.07, 6.45) is 1.59. The second-order valence-corrected chi connectivity index (χ2v) is 5.03. The Morgan fingerprint density at radius 1 is 1.47 bits per heavy atom. The molecular formula is C12H23N3O2. The zero-order valence-corrected chi connectivity index (χ0v) is 11.0. The van der Waals surface area contributed by atoms with E-state index >= 15 is 0 Å². The molecule has 1 rings (SSSR count). The first-order valence-corrected chi connectivity index (χ1v) is 6.23. The smallest absolute Gasteiger partial charge is 0.239 e. The van der Waals surface area contributed by atoms with Crippen molar-refractivity contribution in [3.8, 4) is 0 Å². The summed E-state index contributed by atoms with van der Waals surface area (Å²) < 4.78 is 0. The zero-order valence-electron chi connectivity index (χ0n) is 11.0. The molecule has 0 radical (unpaired) electrons. The summed E-state index contributed by atoms with van der Waals surface area (Å²) in [4.78, 5) is 24.8. The molecule has 2 amide bonds. The fraction of sp³-hybridized carbons (Fsp3) is 0.833. The van der Waals surface area contributed by atoms with Crippen LogP contribution in [-0.2, 0) is 9.59 Å². The summed E-state index contributed by atoms with van der Waals surface area (Å²) in [6.45, 7) is 5.87. The fourth-order valence-corrected chi connectivity index (χ4v) is 1.96. The van der Waals surface area contributed by atoms with E-state index in [0.29, 0.717) is 12.3 Å². The molecule has 2 N–H and O–H groups in total. The van der Waals surface area contributed by atoms with Crippen LogP contribution < -0.4 is 10.6 Å². The average Bonchev–Trinajstić information content (AvgIpc) is 2.68. The quantitative estimate of drug-likeness (QED) is 0.710. The largest absolute Gasteiger partial charge is 0.352 e. The Morgan fingerprint density at radius 3 is 2.71 bits per heavy atom. The summed E-state index contributed by atoms with van der Waals surface area (Å²) in [5, 5.41) is 6.01. The van der Waals surface area contributed by atoms with E-state index in [-0.39, 0.29) is 24.4 Å². The Balaban J connectivity index is 2.28. The predicted molar refractivity (Wildman–Crippen MR) is 66.5 cm³/mol. The van der Waals surface area contributed by atoms with Crippen LogP contribution in [0.1, 0.15) is 26.7 Å². The third-order valence-corrected chi connectivity index (χ3v) is 2.88. The number of hydrogen-bond acceptors (Lipinski definition) is 3. The molecule has 0 aliphatic carbocycles. The number of rotatable bonds is 5. The SMILES string of the molecule is CC(C)NC(=O)CN(C)C(=O)CC1CCNC1. The Morgan fingerprint density at radius 2 is 2.18 bits per heavy atom. The van der Waals surface area contributed by atoms with Crippen molar-refractivity contribution in [1.82, 2.24) is 15.5 Å². The molecule has 1 fully saturated rings. The molecule has 5 heteroatoms. The van der Waals surface area contributed by atoms with E-state index in [9.17, 15) is 9.59 Å². The van der Waals surface area contributed by atoms with Gasteiger partial charge in [-0.3, -0.25) is 9.59 Å². The second kappa shape index (κ2) is 6.59. The molecular weight excluding hydrogens is 218 g/mol. The van der Waals surface area contributed by atoms with E-state index in [0.717, 1.165) is 19.5 Å². The molecule has 1 saturated heterocycles. The molecule has 1 atom stereocenters. The molecule has 0 bridgehead atoms. The minimum absolute atomic E-state index is 0.0533. The lowest BCUT2D eigenvalue weighted by atomic mass is 10.0. The van der Waals surface area contributed by atoms with Gasteiger partial charge < -0.3 is 15.5 Å². The monoisotopic (exact) mass is 241 g/mol. The third kappa shape index (κ3) is 5.17. The van der Waals surface area contributed by atoms with E-state index in [1.807, 2.05) is 13.8 Å². The van der Waals surface area contributed by atoms with Crippen LogP contribution in [0.2, 0.25) is 0 Å². The normalized spacial score (nSPS) is 19.4. The van der Waals surface area contributed by atoms with Gasteiger partial charge in [-0.15, -0.1) is 0 Å². The Bertz CT molecular complexity index is 273. The predicted octanol–water partition coefficient (Wildman–Crippen LogP) is -0.0310. The highest BCUT2D eigenvalue weighted by molar-refractivity contribution is 5.84. The average molecular weight is 241 g/mol. The Hall–Kier alpha value is -1.10. The van der Waals surface area contributed by atoms with Gasteiger partial charge in [0, 0.05) is 19.5 Å². The van der Waals surface area contributed by atoms with Crippen molar-refractivity contribution >= 4 is 11.8 Å². The summed E-state index contributed by atoms with van der Waals surface area (Å²) >= 11 is 0. The maximum absolute atomic E-state index is 11.8. The first-order valence-electron chi connectivity index (χ1n) is 6.23. The standard InChI is InChI=1S/C12H23N3O2/c1-9(2)14-11(16)8-15(3)12(17)6-10-4-5-13-7-10/h9-10,13H,4-8H2,1-3H3,(H,14,16). The molecule has 5 nitrogen and oxygen atoms in total. The van der Waals surface area contributed by atoms with Crippen LogP contribution in [0.4, 0.5) is 0 Å². The molecule has 0 saturated carbocycles. The highest BCUT2D eigenvalue weighted by Crippen LogP contribution is 2.13. The van der Waals surface area contributed by atoms with Crippen LogP contribution in [0.25, 0.3) is 0 Å². The summed E-state index contributed by atoms with van der Waals surface area (Å²) in [7, 11) is 1.69. The number of nitrogens with zero attached hydrogens (tertiary/aromatic N) is 1. The van der Waals surface area contributed by atoms with Crippen molar-refractivity contribution < 1.29 is 9.59 Å². The zero-order chi connectivity index (χ0) is 12.8. The molecule has 0 aromatic rings. The number of hydrogen-bond donors (Lipinski definition) is 2. The molecule has 0 aromatic heterocycles. The van der Waals surface area contributed by atoms with Crippen LogP contribution in [-0.4, -0.2) is 49.4 Å². The highest BCUT2D eigenvalue weighted by atomic mass is 16.2. The van der Waals surface area contributed by atoms with Gasteiger partial charge in [0.15, 0.2) is 0 Å². The van der Waals surface area contributed by atoms with Gasteiger partial charge in [0.25, 0.3) is 0 Å². The van der Waals surface area contributed by atoms with E-state index in [4.69, 9.17) is 0 Å². The van der Waals surface area contributed by atoms with Gasteiger partial charge in [0.2, 0.25) is 11.8 Å². The van der Waals surface area contributed by atoms with Crippen molar-refractivity contribution in [1.29, 1.82) is 0 Å². The lowest BCUT2D eigenvalue weighted by Crippen LogP contribution is -2.41. The summed E-state index contributed by atoms with van der Waals surface area (Å²) in [5.74, 6) is 0.385. The summed E-state index contributed by atoms with van der Waals surface area (Å²) in [6, 6.07) is 0.116. The number of nitrogens with one attached hydrogen (secondary N) is 2. The van der Waals surface area contributed by atoms with E-state index < -0.39 is 0 Å². The van der Waals surface area contributed by atoms with Crippen molar-refractivity contribution in [3.05, 3.63) is 0 Å². The van der Waals surface area contributed by atoms with Crippen molar-refractivity contribution in [3.63, 3.8) is 0 Å². The topological polar surface area (TPSA) is 61.4 Å². The molecule has 1 aliphatic rings. The number of likely N-dealkylation sites (N-methyl/N-ethyl adjacent to an activating group) is 1. The molecule has 1 aliphatic heterocycles. The maximum Gasteiger partial charge on any atom is 0.239 e. The van der Waals surface area contributed by atoms with Gasteiger partial charge in [-0.2, -0.15) is 0 Å². The first kappa shape index (κ1) is 14.0. The van der Waals surface area contributed by atoms with Gasteiger partial charge >= 0.3 is 0 Å². The van der Waals surface area contributed by atoms with Gasteiger partial charge in [0.1, 0.15) is 0 Å². The molecule has 1 unspecified atom stereocenters. The van der Waals surface area contributed by atoms with Crippen molar-refractivity contribution in [2.24, 2.45) is 5.92 Å². The summed E-state index contributed by atoms with van der Waals surface area (Å²) in [5.41, 5.74) is 0. The highest BCUT2D eigenvalue weighted by Gasteiger charge is 2.21. The fourth-order valence-electron chi connectivity index (χ4n) is 1.96. The Kier molecular flexibility index (Phi) is 5.41. The van der Waals surface area contributed by atoms with Crippen LogP contribution in [0.5, 0.6) is 0 Å². The second-order valence-electron chi connectivity index (χ2n) is 5.03.